The van der Waals surface area contributed by atoms with Gasteiger partial charge in [-0.25, -0.2) is 9.78 Å². The van der Waals surface area contributed by atoms with Crippen LogP contribution in [0.25, 0.3) is 0 Å². The predicted molar refractivity (Wildman–Crippen MR) is 71.8 cm³/mol. The Morgan fingerprint density at radius 2 is 2.33 bits per heavy atom. The van der Waals surface area contributed by atoms with Gasteiger partial charge in [-0.2, -0.15) is 0 Å². The molecule has 18 heavy (non-hydrogen) atoms. The first-order valence-electron chi connectivity index (χ1n) is 5.93. The summed E-state index contributed by atoms with van der Waals surface area (Å²) in [5, 5.41) is 0. The summed E-state index contributed by atoms with van der Waals surface area (Å²) in [6.45, 7) is 5.00. The van der Waals surface area contributed by atoms with Crippen LogP contribution in [0.5, 0.6) is 0 Å². The Bertz CT molecular complexity index is 412. The second-order valence-corrected chi connectivity index (χ2v) is 4.70. The highest BCUT2D eigenvalue weighted by Crippen LogP contribution is 2.12. The number of carbonyl (C=O) groups is 1. The molecule has 0 amide bonds. The number of esters is 1. The van der Waals surface area contributed by atoms with E-state index in [1.54, 1.807) is 17.4 Å². The van der Waals surface area contributed by atoms with Crippen LogP contribution in [0.15, 0.2) is 17.2 Å². The van der Waals surface area contributed by atoms with E-state index < -0.39 is 0 Å². The molecule has 1 aromatic heterocycles. The molecule has 1 heterocycles. The number of nitrogens with zero attached hydrogens (tertiary/aromatic N) is 1. The molecule has 1 aromatic rings. The molecule has 0 aromatic carbocycles. The van der Waals surface area contributed by atoms with E-state index in [4.69, 9.17) is 4.74 Å². The maximum Gasteiger partial charge on any atom is 0.333 e. The van der Waals surface area contributed by atoms with Gasteiger partial charge >= 0.3 is 5.97 Å². The first-order chi connectivity index (χ1) is 8.69. The third-order valence-electron chi connectivity index (χ3n) is 2.59. The molecule has 0 radical (unpaired) electrons. The number of rotatable bonds is 7. The van der Waals surface area contributed by atoms with Gasteiger partial charge in [0, 0.05) is 16.9 Å². The van der Waals surface area contributed by atoms with Gasteiger partial charge in [0.25, 0.3) is 0 Å². The van der Waals surface area contributed by atoms with E-state index in [0.29, 0.717) is 25.2 Å². The lowest BCUT2D eigenvalue weighted by Gasteiger charge is -2.03. The highest BCUT2D eigenvalue weighted by atomic mass is 32.1. The largest absolute Gasteiger partial charge is 0.466 e. The van der Waals surface area contributed by atoms with Crippen LogP contribution in [0, 0.1) is 6.92 Å². The first kappa shape index (κ1) is 14.9. The van der Waals surface area contributed by atoms with Gasteiger partial charge in [-0.15, -0.1) is 11.3 Å². The van der Waals surface area contributed by atoms with E-state index in [-0.39, 0.29) is 5.97 Å². The van der Waals surface area contributed by atoms with Crippen molar-refractivity contribution in [3.63, 3.8) is 0 Å². The van der Waals surface area contributed by atoms with Crippen LogP contribution in [-0.4, -0.2) is 31.3 Å². The average Bonchev–Trinajstić information content (AvgIpc) is 2.78. The smallest absolute Gasteiger partial charge is 0.333 e. The molecule has 0 atom stereocenters. The number of carbonyl (C=O) groups excluding carboxylic acids is 1. The standard InChI is InChI=1S/C13H19NO3S/c1-4-11(13(15)16-3)5-7-17-8-6-12-10(2)14-9-18-12/h5,9H,4,6-8H2,1-3H3. The molecule has 0 bridgehead atoms. The summed E-state index contributed by atoms with van der Waals surface area (Å²) in [5.74, 6) is -0.278. The maximum atomic E-state index is 11.3. The molecule has 0 unspecified atom stereocenters. The third kappa shape index (κ3) is 4.58. The Labute approximate surface area is 112 Å². The summed E-state index contributed by atoms with van der Waals surface area (Å²) in [6.07, 6.45) is 3.30. The van der Waals surface area contributed by atoms with Gasteiger partial charge in [0.2, 0.25) is 0 Å². The molecule has 0 aliphatic rings. The quantitative estimate of drug-likeness (QED) is 0.433. The zero-order valence-corrected chi connectivity index (χ0v) is 11.9. The van der Waals surface area contributed by atoms with Crippen LogP contribution in [0.2, 0.25) is 0 Å². The fourth-order valence-electron chi connectivity index (χ4n) is 1.48. The highest BCUT2D eigenvalue weighted by molar-refractivity contribution is 7.09. The Kier molecular flexibility index (Phi) is 6.60. The molecule has 0 spiro atoms. The summed E-state index contributed by atoms with van der Waals surface area (Å²) in [6, 6.07) is 0. The van der Waals surface area contributed by atoms with Crippen molar-refractivity contribution in [2.75, 3.05) is 20.3 Å². The number of hydrogen-bond donors (Lipinski definition) is 0. The van der Waals surface area contributed by atoms with Gasteiger partial charge in [-0.3, -0.25) is 0 Å². The average molecular weight is 269 g/mol. The number of hydrogen-bond acceptors (Lipinski definition) is 5. The van der Waals surface area contributed by atoms with E-state index in [1.165, 1.54) is 12.0 Å². The molecule has 0 saturated heterocycles. The van der Waals surface area contributed by atoms with Gasteiger partial charge in [-0.1, -0.05) is 6.92 Å². The molecule has 0 aliphatic heterocycles. The van der Waals surface area contributed by atoms with Crippen molar-refractivity contribution >= 4 is 17.3 Å². The molecule has 4 nitrogen and oxygen atoms in total. The Hall–Kier alpha value is -1.20. The lowest BCUT2D eigenvalue weighted by Crippen LogP contribution is -2.06. The van der Waals surface area contributed by atoms with Crippen molar-refractivity contribution in [3.8, 4) is 0 Å². The Morgan fingerprint density at radius 1 is 1.56 bits per heavy atom. The SMILES string of the molecule is CCC(=CCOCCc1scnc1C)C(=O)OC. The zero-order valence-electron chi connectivity index (χ0n) is 11.1. The second-order valence-electron chi connectivity index (χ2n) is 3.76. The first-order valence-corrected chi connectivity index (χ1v) is 6.81. The number of methoxy groups -OCH3 is 1. The summed E-state index contributed by atoms with van der Waals surface area (Å²) >= 11 is 1.65. The third-order valence-corrected chi connectivity index (χ3v) is 3.59. The highest BCUT2D eigenvalue weighted by Gasteiger charge is 2.06. The molecule has 0 fully saturated rings. The minimum absolute atomic E-state index is 0.278. The van der Waals surface area contributed by atoms with Gasteiger partial charge in [0.05, 0.1) is 31.5 Å². The summed E-state index contributed by atoms with van der Waals surface area (Å²) in [4.78, 5) is 16.7. The zero-order chi connectivity index (χ0) is 13.4. The van der Waals surface area contributed by atoms with Gasteiger partial charge in [0.1, 0.15) is 0 Å². The number of aromatic nitrogens is 1. The van der Waals surface area contributed by atoms with Crippen molar-refractivity contribution in [2.45, 2.75) is 26.7 Å². The maximum absolute atomic E-state index is 11.3. The predicted octanol–water partition coefficient (Wildman–Crippen LogP) is 2.52. The van der Waals surface area contributed by atoms with Gasteiger partial charge < -0.3 is 9.47 Å². The number of aryl methyl sites for hydroxylation is 1. The minimum atomic E-state index is -0.278. The van der Waals surface area contributed by atoms with Crippen LogP contribution >= 0.6 is 11.3 Å². The Morgan fingerprint density at radius 3 is 2.89 bits per heavy atom. The minimum Gasteiger partial charge on any atom is -0.466 e. The van der Waals surface area contributed by atoms with E-state index in [1.807, 2.05) is 19.4 Å². The van der Waals surface area contributed by atoms with Crippen LogP contribution in [0.3, 0.4) is 0 Å². The topological polar surface area (TPSA) is 48.4 Å². The fourth-order valence-corrected chi connectivity index (χ4v) is 2.24. The fraction of sp³-hybridized carbons (Fsp3) is 0.538. The molecule has 100 valence electrons. The lowest BCUT2D eigenvalue weighted by atomic mass is 10.2. The van der Waals surface area contributed by atoms with Crippen molar-refractivity contribution in [1.29, 1.82) is 0 Å². The molecule has 5 heteroatoms. The summed E-state index contributed by atoms with van der Waals surface area (Å²) in [5.41, 5.74) is 3.58. The molecule has 1 rings (SSSR count). The number of ether oxygens (including phenoxy) is 2. The summed E-state index contributed by atoms with van der Waals surface area (Å²) < 4.78 is 10.1. The normalized spacial score (nSPS) is 11.6. The van der Waals surface area contributed by atoms with Crippen molar-refractivity contribution in [1.82, 2.24) is 4.98 Å². The molecular weight excluding hydrogens is 250 g/mol. The van der Waals surface area contributed by atoms with Gasteiger partial charge in [0.15, 0.2) is 0 Å². The Balaban J connectivity index is 2.27. The van der Waals surface area contributed by atoms with E-state index in [2.05, 4.69) is 9.72 Å². The molecule has 0 saturated carbocycles. The van der Waals surface area contributed by atoms with Crippen LogP contribution < -0.4 is 0 Å². The van der Waals surface area contributed by atoms with Crippen LogP contribution in [0.1, 0.15) is 23.9 Å². The van der Waals surface area contributed by atoms with E-state index in [0.717, 1.165) is 12.1 Å². The lowest BCUT2D eigenvalue weighted by molar-refractivity contribution is -0.136. The molecular formula is C13H19NO3S. The van der Waals surface area contributed by atoms with E-state index >= 15 is 0 Å². The van der Waals surface area contributed by atoms with Crippen molar-refractivity contribution in [2.24, 2.45) is 0 Å². The van der Waals surface area contributed by atoms with Crippen molar-refractivity contribution in [3.05, 3.63) is 27.7 Å². The van der Waals surface area contributed by atoms with Crippen LogP contribution in [0.4, 0.5) is 0 Å². The monoisotopic (exact) mass is 269 g/mol. The number of thiazole rings is 1. The second kappa shape index (κ2) is 8.00. The van der Waals surface area contributed by atoms with Crippen molar-refractivity contribution < 1.29 is 14.3 Å². The van der Waals surface area contributed by atoms with E-state index in [9.17, 15) is 4.79 Å². The van der Waals surface area contributed by atoms with Crippen LogP contribution in [-0.2, 0) is 20.7 Å². The molecule has 0 aliphatic carbocycles. The summed E-state index contributed by atoms with van der Waals surface area (Å²) in [7, 11) is 1.39. The van der Waals surface area contributed by atoms with Gasteiger partial charge in [-0.05, 0) is 19.4 Å². The molecule has 0 N–H and O–H groups in total.